The van der Waals surface area contributed by atoms with Gasteiger partial charge in [-0.2, -0.15) is 0 Å². The number of halogens is 2. The van der Waals surface area contributed by atoms with Gasteiger partial charge in [-0.3, -0.25) is 9.59 Å². The van der Waals surface area contributed by atoms with Crippen molar-refractivity contribution in [2.45, 2.75) is 25.7 Å². The van der Waals surface area contributed by atoms with E-state index in [1.165, 1.54) is 0 Å². The summed E-state index contributed by atoms with van der Waals surface area (Å²) in [4.78, 5) is 29.2. The number of piperazine rings is 1. The predicted octanol–water partition coefficient (Wildman–Crippen LogP) is 2.36. The SMILES string of the molecule is Cl.O=C(Cc1ccccc1Cl)N1CCN(C(=O)C2CC23CCNCC3)CC1. The van der Waals surface area contributed by atoms with Gasteiger partial charge in [0, 0.05) is 37.1 Å². The van der Waals surface area contributed by atoms with Crippen LogP contribution < -0.4 is 5.32 Å². The molecule has 1 aromatic rings. The summed E-state index contributed by atoms with van der Waals surface area (Å²) in [6, 6.07) is 7.48. The Bertz CT molecular complexity index is 698. The Morgan fingerprint density at radius 1 is 1.07 bits per heavy atom. The maximum atomic E-state index is 12.8. The normalized spacial score (nSPS) is 23.7. The van der Waals surface area contributed by atoms with E-state index in [1.54, 1.807) is 0 Å². The molecule has 1 N–H and O–H groups in total. The van der Waals surface area contributed by atoms with Crippen LogP contribution in [-0.4, -0.2) is 60.9 Å². The van der Waals surface area contributed by atoms with Crippen LogP contribution >= 0.6 is 24.0 Å². The van der Waals surface area contributed by atoms with Crippen LogP contribution in [0, 0.1) is 11.3 Å². The molecule has 1 aliphatic carbocycles. The molecule has 0 aromatic heterocycles. The molecule has 148 valence electrons. The minimum atomic E-state index is 0. The Labute approximate surface area is 171 Å². The lowest BCUT2D eigenvalue weighted by molar-refractivity contribution is -0.140. The predicted molar refractivity (Wildman–Crippen MR) is 108 cm³/mol. The van der Waals surface area contributed by atoms with E-state index in [1.807, 2.05) is 34.1 Å². The minimum absolute atomic E-state index is 0. The minimum Gasteiger partial charge on any atom is -0.339 e. The van der Waals surface area contributed by atoms with E-state index >= 15 is 0 Å². The van der Waals surface area contributed by atoms with Crippen molar-refractivity contribution in [3.8, 4) is 0 Å². The molecule has 1 unspecified atom stereocenters. The number of piperidine rings is 1. The summed E-state index contributed by atoms with van der Waals surface area (Å²) in [7, 11) is 0. The fourth-order valence-electron chi connectivity index (χ4n) is 4.49. The van der Waals surface area contributed by atoms with E-state index in [4.69, 9.17) is 11.6 Å². The zero-order chi connectivity index (χ0) is 18.1. The molecule has 4 rings (SSSR count). The molecule has 27 heavy (non-hydrogen) atoms. The van der Waals surface area contributed by atoms with E-state index in [0.717, 1.165) is 37.9 Å². The third kappa shape index (κ3) is 4.25. The van der Waals surface area contributed by atoms with Crippen molar-refractivity contribution in [3.63, 3.8) is 0 Å². The Kier molecular flexibility index (Phi) is 6.34. The van der Waals surface area contributed by atoms with Crippen LogP contribution in [0.5, 0.6) is 0 Å². The van der Waals surface area contributed by atoms with Crippen LogP contribution in [0.15, 0.2) is 24.3 Å². The van der Waals surface area contributed by atoms with Crippen molar-refractivity contribution in [2.75, 3.05) is 39.3 Å². The lowest BCUT2D eigenvalue weighted by Crippen LogP contribution is -2.51. The molecular formula is C20H27Cl2N3O2. The molecule has 1 atom stereocenters. The van der Waals surface area contributed by atoms with Crippen LogP contribution in [0.2, 0.25) is 5.02 Å². The van der Waals surface area contributed by atoms with E-state index in [-0.39, 0.29) is 29.6 Å². The summed E-state index contributed by atoms with van der Waals surface area (Å²) in [5, 5.41) is 4.02. The maximum absolute atomic E-state index is 12.8. The van der Waals surface area contributed by atoms with Gasteiger partial charge in [0.05, 0.1) is 6.42 Å². The van der Waals surface area contributed by atoms with Gasteiger partial charge in [-0.15, -0.1) is 12.4 Å². The molecule has 0 bridgehead atoms. The van der Waals surface area contributed by atoms with Gasteiger partial charge in [-0.05, 0) is 49.4 Å². The van der Waals surface area contributed by atoms with Crippen LogP contribution in [0.4, 0.5) is 0 Å². The number of nitrogens with zero attached hydrogens (tertiary/aromatic N) is 2. The standard InChI is InChI=1S/C20H26ClN3O2.ClH/c21-17-4-2-1-3-15(17)13-18(25)23-9-11-24(12-10-23)19(26)16-14-20(16)5-7-22-8-6-20;/h1-4,16,22H,5-14H2;1H. The molecule has 1 saturated carbocycles. The first-order valence-electron chi connectivity index (χ1n) is 9.60. The van der Waals surface area contributed by atoms with Gasteiger partial charge in [0.25, 0.3) is 0 Å². The van der Waals surface area contributed by atoms with Crippen LogP contribution in [0.25, 0.3) is 0 Å². The number of hydrogen-bond donors (Lipinski definition) is 1. The van der Waals surface area contributed by atoms with E-state index in [2.05, 4.69) is 5.32 Å². The van der Waals surface area contributed by atoms with Crippen molar-refractivity contribution in [2.24, 2.45) is 11.3 Å². The molecule has 2 amide bonds. The lowest BCUT2D eigenvalue weighted by atomic mass is 9.91. The first-order valence-corrected chi connectivity index (χ1v) is 9.98. The van der Waals surface area contributed by atoms with Crippen molar-refractivity contribution >= 4 is 35.8 Å². The third-order valence-electron chi connectivity index (χ3n) is 6.33. The Morgan fingerprint density at radius 2 is 1.70 bits per heavy atom. The quantitative estimate of drug-likeness (QED) is 0.830. The van der Waals surface area contributed by atoms with E-state index in [9.17, 15) is 9.59 Å². The zero-order valence-corrected chi connectivity index (χ0v) is 17.0. The first-order chi connectivity index (χ1) is 12.6. The molecule has 0 radical (unpaired) electrons. The van der Waals surface area contributed by atoms with E-state index < -0.39 is 0 Å². The molecule has 2 saturated heterocycles. The van der Waals surface area contributed by atoms with Gasteiger partial charge in [0.1, 0.15) is 0 Å². The second-order valence-corrected chi connectivity index (χ2v) is 8.25. The average molecular weight is 412 g/mol. The summed E-state index contributed by atoms with van der Waals surface area (Å²) < 4.78 is 0. The van der Waals surface area contributed by atoms with Gasteiger partial charge in [-0.25, -0.2) is 0 Å². The molecule has 7 heteroatoms. The van der Waals surface area contributed by atoms with E-state index in [0.29, 0.717) is 43.5 Å². The first kappa shape index (κ1) is 20.4. The Hall–Kier alpha value is -1.30. The zero-order valence-electron chi connectivity index (χ0n) is 15.5. The number of benzene rings is 1. The highest BCUT2D eigenvalue weighted by Gasteiger charge is 2.58. The highest BCUT2D eigenvalue weighted by molar-refractivity contribution is 6.31. The fraction of sp³-hybridized carbons (Fsp3) is 0.600. The molecular weight excluding hydrogens is 385 g/mol. The van der Waals surface area contributed by atoms with Crippen molar-refractivity contribution in [3.05, 3.63) is 34.9 Å². The molecule has 2 heterocycles. The lowest BCUT2D eigenvalue weighted by Gasteiger charge is -2.35. The van der Waals surface area contributed by atoms with Crippen molar-refractivity contribution in [1.29, 1.82) is 0 Å². The topological polar surface area (TPSA) is 52.7 Å². The maximum Gasteiger partial charge on any atom is 0.227 e. The summed E-state index contributed by atoms with van der Waals surface area (Å²) in [6.07, 6.45) is 3.63. The molecule has 5 nitrogen and oxygen atoms in total. The number of hydrogen-bond acceptors (Lipinski definition) is 3. The fourth-order valence-corrected chi connectivity index (χ4v) is 4.69. The van der Waals surface area contributed by atoms with Gasteiger partial charge in [0.15, 0.2) is 0 Å². The second kappa shape index (κ2) is 8.38. The van der Waals surface area contributed by atoms with Gasteiger partial charge < -0.3 is 15.1 Å². The number of rotatable bonds is 3. The van der Waals surface area contributed by atoms with Crippen molar-refractivity contribution in [1.82, 2.24) is 15.1 Å². The molecule has 1 aromatic carbocycles. The second-order valence-electron chi connectivity index (χ2n) is 7.84. The summed E-state index contributed by atoms with van der Waals surface area (Å²) in [5.74, 6) is 0.617. The molecule has 3 fully saturated rings. The Morgan fingerprint density at radius 3 is 2.37 bits per heavy atom. The number of nitrogens with one attached hydrogen (secondary N) is 1. The summed E-state index contributed by atoms with van der Waals surface area (Å²) >= 11 is 6.16. The summed E-state index contributed by atoms with van der Waals surface area (Å²) in [6.45, 7) is 4.62. The third-order valence-corrected chi connectivity index (χ3v) is 6.70. The van der Waals surface area contributed by atoms with Crippen LogP contribution in [-0.2, 0) is 16.0 Å². The van der Waals surface area contributed by atoms with Gasteiger partial charge >= 0.3 is 0 Å². The smallest absolute Gasteiger partial charge is 0.227 e. The highest BCUT2D eigenvalue weighted by atomic mass is 35.5. The number of carbonyl (C=O) groups excluding carboxylic acids is 2. The molecule has 3 aliphatic rings. The number of amides is 2. The molecule has 1 spiro atoms. The highest BCUT2D eigenvalue weighted by Crippen LogP contribution is 2.59. The van der Waals surface area contributed by atoms with Gasteiger partial charge in [-0.1, -0.05) is 29.8 Å². The van der Waals surface area contributed by atoms with Crippen molar-refractivity contribution < 1.29 is 9.59 Å². The van der Waals surface area contributed by atoms with Crippen LogP contribution in [0.1, 0.15) is 24.8 Å². The Balaban J connectivity index is 0.00000210. The largest absolute Gasteiger partial charge is 0.339 e. The average Bonchev–Trinajstić information content (AvgIpc) is 3.36. The van der Waals surface area contributed by atoms with Crippen LogP contribution in [0.3, 0.4) is 0 Å². The monoisotopic (exact) mass is 411 g/mol. The van der Waals surface area contributed by atoms with Gasteiger partial charge in [0.2, 0.25) is 11.8 Å². The summed E-state index contributed by atoms with van der Waals surface area (Å²) in [5.41, 5.74) is 1.14. The number of carbonyl (C=O) groups is 2. The molecule has 2 aliphatic heterocycles.